The van der Waals surface area contributed by atoms with E-state index in [1.54, 1.807) is 36.4 Å². The third kappa shape index (κ3) is 4.40. The molecule has 1 aliphatic rings. The van der Waals surface area contributed by atoms with Gasteiger partial charge in [-0.25, -0.2) is 0 Å². The molecule has 0 unspecified atom stereocenters. The summed E-state index contributed by atoms with van der Waals surface area (Å²) in [6, 6.07) is 14.6. The molecule has 0 amide bonds. The molecule has 37 heavy (non-hydrogen) atoms. The largest absolute Gasteiger partial charge is 0.507 e. The van der Waals surface area contributed by atoms with Gasteiger partial charge in [-0.05, 0) is 17.7 Å². The minimum Gasteiger partial charge on any atom is -0.507 e. The molecule has 2 N–H and O–H groups in total. The van der Waals surface area contributed by atoms with Gasteiger partial charge in [-0.15, -0.1) is 0 Å². The number of carbonyl (C=O) groups is 1. The van der Waals surface area contributed by atoms with Crippen LogP contribution in [0.2, 0.25) is 0 Å². The summed E-state index contributed by atoms with van der Waals surface area (Å²) < 4.78 is 28.0. The highest BCUT2D eigenvalue weighted by Crippen LogP contribution is 2.47. The SMILES string of the molecule is COC(=O)C[C@@H](c1cc(OC)c2c(c1)OCCO2)c1c(O)cc(O)c2c(=O)cc(-c3ccccc3)oc12. The zero-order valence-corrected chi connectivity index (χ0v) is 20.1. The molecule has 1 atom stereocenters. The van der Waals surface area contributed by atoms with Crippen LogP contribution in [0.1, 0.15) is 23.5 Å². The van der Waals surface area contributed by atoms with Crippen molar-refractivity contribution in [2.24, 2.45) is 0 Å². The maximum Gasteiger partial charge on any atom is 0.306 e. The highest BCUT2D eigenvalue weighted by Gasteiger charge is 2.30. The Balaban J connectivity index is 1.80. The standard InChI is InChI=1S/C28H24O9/c1-33-22-10-16(11-23-27(22)36-9-8-35-23)17(12-24(32)34-2)25-18(29)13-19(30)26-20(31)14-21(37-28(25)26)15-6-4-3-5-7-15/h3-7,10-11,13-14,17,29-30H,8-9,12H2,1-2H3/t17-/m0/s1. The predicted octanol–water partition coefficient (Wildman–Crippen LogP) is 4.35. The Hall–Kier alpha value is -4.66. The van der Waals surface area contributed by atoms with Crippen molar-refractivity contribution >= 4 is 16.9 Å². The first-order valence-electron chi connectivity index (χ1n) is 11.5. The number of phenols is 2. The fraction of sp³-hybridized carbons (Fsp3) is 0.214. The second kappa shape index (κ2) is 9.77. The van der Waals surface area contributed by atoms with E-state index in [-0.39, 0.29) is 34.5 Å². The summed E-state index contributed by atoms with van der Waals surface area (Å²) in [5.41, 5.74) is 0.719. The van der Waals surface area contributed by atoms with Gasteiger partial charge in [0.1, 0.15) is 41.4 Å². The number of carbonyl (C=O) groups excluding carboxylic acids is 1. The van der Waals surface area contributed by atoms with Gasteiger partial charge >= 0.3 is 5.97 Å². The van der Waals surface area contributed by atoms with Crippen molar-refractivity contribution in [3.8, 4) is 40.1 Å². The van der Waals surface area contributed by atoms with Gasteiger partial charge in [-0.3, -0.25) is 9.59 Å². The minimum atomic E-state index is -0.866. The van der Waals surface area contributed by atoms with Crippen molar-refractivity contribution in [3.05, 3.63) is 75.9 Å². The van der Waals surface area contributed by atoms with Crippen LogP contribution in [-0.2, 0) is 9.53 Å². The number of fused-ring (bicyclic) bond motifs is 2. The van der Waals surface area contributed by atoms with E-state index < -0.39 is 23.1 Å². The van der Waals surface area contributed by atoms with Crippen LogP contribution in [0, 0.1) is 0 Å². The molecule has 1 aromatic heterocycles. The molecule has 190 valence electrons. The van der Waals surface area contributed by atoms with E-state index >= 15 is 0 Å². The summed E-state index contributed by atoms with van der Waals surface area (Å²) in [5.74, 6) is -0.800. The number of aromatic hydroxyl groups is 2. The molecule has 5 rings (SSSR count). The average Bonchev–Trinajstić information content (AvgIpc) is 2.91. The lowest BCUT2D eigenvalue weighted by Crippen LogP contribution is -2.17. The lowest BCUT2D eigenvalue weighted by Gasteiger charge is -2.25. The van der Waals surface area contributed by atoms with Crippen molar-refractivity contribution in [2.45, 2.75) is 12.3 Å². The third-order valence-electron chi connectivity index (χ3n) is 6.26. The predicted molar refractivity (Wildman–Crippen MR) is 134 cm³/mol. The summed E-state index contributed by atoms with van der Waals surface area (Å²) in [6.45, 7) is 0.676. The topological polar surface area (TPSA) is 125 Å². The average molecular weight is 504 g/mol. The van der Waals surface area contributed by atoms with E-state index in [0.29, 0.717) is 41.6 Å². The molecule has 0 saturated heterocycles. The lowest BCUT2D eigenvalue weighted by atomic mass is 9.86. The van der Waals surface area contributed by atoms with Gasteiger partial charge in [0.05, 0.1) is 20.6 Å². The number of rotatable bonds is 6. The summed E-state index contributed by atoms with van der Waals surface area (Å²) in [7, 11) is 2.73. The van der Waals surface area contributed by atoms with E-state index in [0.717, 1.165) is 6.07 Å². The van der Waals surface area contributed by atoms with Crippen LogP contribution >= 0.6 is 0 Å². The summed E-state index contributed by atoms with van der Waals surface area (Å²) >= 11 is 0. The summed E-state index contributed by atoms with van der Waals surface area (Å²) in [5, 5.41) is 21.5. The molecular weight excluding hydrogens is 480 g/mol. The van der Waals surface area contributed by atoms with Crippen LogP contribution in [0.5, 0.6) is 28.7 Å². The molecule has 9 nitrogen and oxygen atoms in total. The highest BCUT2D eigenvalue weighted by molar-refractivity contribution is 5.90. The minimum absolute atomic E-state index is 0.0494. The van der Waals surface area contributed by atoms with Crippen LogP contribution in [0.15, 0.2) is 63.8 Å². The van der Waals surface area contributed by atoms with E-state index in [4.69, 9.17) is 23.4 Å². The third-order valence-corrected chi connectivity index (χ3v) is 6.26. The quantitative estimate of drug-likeness (QED) is 0.369. The van der Waals surface area contributed by atoms with Crippen LogP contribution in [0.3, 0.4) is 0 Å². The van der Waals surface area contributed by atoms with Gasteiger partial charge in [-0.2, -0.15) is 0 Å². The van der Waals surface area contributed by atoms with E-state index in [1.165, 1.54) is 20.3 Å². The molecule has 3 aromatic carbocycles. The van der Waals surface area contributed by atoms with Crippen LogP contribution < -0.4 is 19.6 Å². The Morgan fingerprint density at radius 3 is 2.49 bits per heavy atom. The van der Waals surface area contributed by atoms with Crippen molar-refractivity contribution in [1.82, 2.24) is 0 Å². The molecule has 4 aromatic rings. The summed E-state index contributed by atoms with van der Waals surface area (Å²) in [6.07, 6.45) is -0.216. The van der Waals surface area contributed by atoms with Gasteiger partial charge in [-0.1, -0.05) is 30.3 Å². The normalized spacial score (nSPS) is 13.2. The number of benzene rings is 3. The van der Waals surface area contributed by atoms with Gasteiger partial charge in [0.15, 0.2) is 16.9 Å². The van der Waals surface area contributed by atoms with Gasteiger partial charge in [0.25, 0.3) is 0 Å². The number of esters is 1. The van der Waals surface area contributed by atoms with Crippen molar-refractivity contribution in [3.63, 3.8) is 0 Å². The second-order valence-corrected chi connectivity index (χ2v) is 8.45. The van der Waals surface area contributed by atoms with Crippen molar-refractivity contribution in [1.29, 1.82) is 0 Å². The molecule has 0 aliphatic carbocycles. The fourth-order valence-electron chi connectivity index (χ4n) is 4.53. The fourth-order valence-corrected chi connectivity index (χ4v) is 4.53. The van der Waals surface area contributed by atoms with Crippen molar-refractivity contribution < 1.29 is 38.4 Å². The Bertz CT molecular complexity index is 1520. The maximum atomic E-state index is 13.1. The lowest BCUT2D eigenvalue weighted by molar-refractivity contribution is -0.140. The molecule has 1 aliphatic heterocycles. The summed E-state index contributed by atoms with van der Waals surface area (Å²) in [4.78, 5) is 25.7. The molecule has 0 spiro atoms. The number of methoxy groups -OCH3 is 2. The molecule has 0 radical (unpaired) electrons. The van der Waals surface area contributed by atoms with E-state index in [2.05, 4.69) is 0 Å². The zero-order valence-electron chi connectivity index (χ0n) is 20.1. The zero-order chi connectivity index (χ0) is 26.1. The molecule has 0 saturated carbocycles. The maximum absolute atomic E-state index is 13.1. The molecule has 2 heterocycles. The number of ether oxygens (including phenoxy) is 4. The monoisotopic (exact) mass is 504 g/mol. The molecule has 0 bridgehead atoms. The van der Waals surface area contributed by atoms with E-state index in [1.807, 2.05) is 6.07 Å². The first-order chi connectivity index (χ1) is 17.9. The van der Waals surface area contributed by atoms with Gasteiger partial charge in [0, 0.05) is 29.2 Å². The molecular formula is C28H24O9. The Labute approximate surface area is 211 Å². The second-order valence-electron chi connectivity index (χ2n) is 8.45. The van der Waals surface area contributed by atoms with Crippen LogP contribution in [-0.4, -0.2) is 43.6 Å². The Morgan fingerprint density at radius 1 is 1.00 bits per heavy atom. The number of hydrogen-bond acceptors (Lipinski definition) is 9. The van der Waals surface area contributed by atoms with Crippen molar-refractivity contribution in [2.75, 3.05) is 27.4 Å². The number of hydrogen-bond donors (Lipinski definition) is 2. The van der Waals surface area contributed by atoms with Gasteiger partial charge in [0.2, 0.25) is 5.75 Å². The van der Waals surface area contributed by atoms with E-state index in [9.17, 15) is 19.8 Å². The Morgan fingerprint density at radius 2 is 1.76 bits per heavy atom. The smallest absolute Gasteiger partial charge is 0.306 e. The van der Waals surface area contributed by atoms with Crippen LogP contribution in [0.4, 0.5) is 0 Å². The first-order valence-corrected chi connectivity index (χ1v) is 11.5. The highest BCUT2D eigenvalue weighted by atomic mass is 16.6. The molecule has 0 fully saturated rings. The first kappa shape index (κ1) is 24.1. The molecule has 9 heteroatoms. The Kier molecular flexibility index (Phi) is 6.35. The van der Waals surface area contributed by atoms with Crippen LogP contribution in [0.25, 0.3) is 22.3 Å². The van der Waals surface area contributed by atoms with Gasteiger partial charge < -0.3 is 33.6 Å². The number of phenolic OH excluding ortho intramolecular Hbond substituents is 2.